The van der Waals surface area contributed by atoms with Gasteiger partial charge >= 0.3 is 0 Å². The lowest BCUT2D eigenvalue weighted by Gasteiger charge is -2.08. The van der Waals surface area contributed by atoms with Gasteiger partial charge in [-0.05, 0) is 38.3 Å². The predicted molar refractivity (Wildman–Crippen MR) is 97.4 cm³/mol. The molecule has 0 spiro atoms. The number of fused-ring (bicyclic) bond motifs is 1. The van der Waals surface area contributed by atoms with Crippen LogP contribution in [0, 0.1) is 37.5 Å². The SMILES string of the molecule is Cc1cc(C)c(Sc2nc3c([nH]2)c(=N)ncn3CCCC#N)c(C)c1. The number of imidazole rings is 1. The van der Waals surface area contributed by atoms with Crippen LogP contribution in [-0.4, -0.2) is 19.5 Å². The normalized spacial score (nSPS) is 11.0. The lowest BCUT2D eigenvalue weighted by Crippen LogP contribution is -2.12. The molecule has 0 radical (unpaired) electrons. The molecule has 0 aliphatic heterocycles. The van der Waals surface area contributed by atoms with Gasteiger partial charge in [-0.3, -0.25) is 5.41 Å². The summed E-state index contributed by atoms with van der Waals surface area (Å²) in [5.41, 5.74) is 5.20. The fraction of sp³-hybridized carbons (Fsp3) is 0.333. The number of hydrogen-bond acceptors (Lipinski definition) is 5. The van der Waals surface area contributed by atoms with Crippen molar-refractivity contribution in [1.82, 2.24) is 19.5 Å². The van der Waals surface area contributed by atoms with Crippen LogP contribution in [0.3, 0.4) is 0 Å². The van der Waals surface area contributed by atoms with Gasteiger partial charge in [0.25, 0.3) is 0 Å². The van der Waals surface area contributed by atoms with Crippen molar-refractivity contribution in [3.63, 3.8) is 0 Å². The molecule has 0 saturated carbocycles. The van der Waals surface area contributed by atoms with Crippen LogP contribution in [0.25, 0.3) is 11.2 Å². The third-order valence-corrected chi connectivity index (χ3v) is 5.22. The van der Waals surface area contributed by atoms with Gasteiger partial charge in [0.05, 0.1) is 12.4 Å². The Morgan fingerprint density at radius 3 is 2.68 bits per heavy atom. The van der Waals surface area contributed by atoms with E-state index in [1.54, 1.807) is 18.1 Å². The van der Waals surface area contributed by atoms with Gasteiger partial charge in [0.2, 0.25) is 0 Å². The maximum Gasteiger partial charge on any atom is 0.173 e. The van der Waals surface area contributed by atoms with Gasteiger partial charge in [-0.1, -0.05) is 29.5 Å². The Bertz CT molecular complexity index is 1000. The highest BCUT2D eigenvalue weighted by atomic mass is 32.2. The molecule has 6 nitrogen and oxygen atoms in total. The Labute approximate surface area is 150 Å². The molecule has 0 fully saturated rings. The Kier molecular flexibility index (Phi) is 4.91. The van der Waals surface area contributed by atoms with E-state index in [0.717, 1.165) is 11.6 Å². The maximum absolute atomic E-state index is 8.71. The number of nitrogens with one attached hydrogen (secondary N) is 2. The first-order chi connectivity index (χ1) is 12.0. The molecule has 0 amide bonds. The molecular formula is C18H20N6S. The molecule has 2 aromatic heterocycles. The van der Waals surface area contributed by atoms with Crippen molar-refractivity contribution in [2.75, 3.05) is 0 Å². The summed E-state index contributed by atoms with van der Waals surface area (Å²) in [6, 6.07) is 6.48. The van der Waals surface area contributed by atoms with Gasteiger partial charge in [-0.15, -0.1) is 0 Å². The number of aromatic nitrogens is 4. The minimum absolute atomic E-state index is 0.184. The van der Waals surface area contributed by atoms with Crippen LogP contribution in [-0.2, 0) is 6.54 Å². The first-order valence-electron chi connectivity index (χ1n) is 8.12. The summed E-state index contributed by atoms with van der Waals surface area (Å²) in [6.45, 7) is 6.96. The molecule has 0 aliphatic carbocycles. The number of nitrogens with zero attached hydrogens (tertiary/aromatic N) is 4. The molecule has 7 heteroatoms. The van der Waals surface area contributed by atoms with Crippen molar-refractivity contribution < 1.29 is 0 Å². The Morgan fingerprint density at radius 2 is 2.00 bits per heavy atom. The van der Waals surface area contributed by atoms with Crippen LogP contribution in [0.1, 0.15) is 29.5 Å². The minimum Gasteiger partial charge on any atom is -0.328 e. The van der Waals surface area contributed by atoms with Crippen LogP contribution in [0.4, 0.5) is 0 Å². The van der Waals surface area contributed by atoms with Crippen LogP contribution >= 0.6 is 11.8 Å². The van der Waals surface area contributed by atoms with Gasteiger partial charge in [0.15, 0.2) is 16.3 Å². The van der Waals surface area contributed by atoms with E-state index in [2.05, 4.69) is 53.9 Å². The van der Waals surface area contributed by atoms with Crippen molar-refractivity contribution in [2.45, 2.75) is 50.2 Å². The lowest BCUT2D eigenvalue weighted by molar-refractivity contribution is 0.651. The quantitative estimate of drug-likeness (QED) is 0.686. The molecule has 0 unspecified atom stereocenters. The van der Waals surface area contributed by atoms with E-state index >= 15 is 0 Å². The summed E-state index contributed by atoms with van der Waals surface area (Å²) in [5, 5.41) is 17.5. The monoisotopic (exact) mass is 352 g/mol. The number of unbranched alkanes of at least 4 members (excludes halogenated alkanes) is 1. The topological polar surface area (TPSA) is 94.1 Å². The van der Waals surface area contributed by atoms with Crippen LogP contribution < -0.4 is 5.49 Å². The first-order valence-corrected chi connectivity index (χ1v) is 8.93. The number of aromatic amines is 1. The van der Waals surface area contributed by atoms with E-state index in [0.29, 0.717) is 24.1 Å². The molecule has 2 heterocycles. The fourth-order valence-corrected chi connectivity index (χ4v) is 3.85. The first kappa shape index (κ1) is 17.2. The maximum atomic E-state index is 8.71. The second-order valence-corrected chi connectivity index (χ2v) is 7.12. The van der Waals surface area contributed by atoms with Crippen molar-refractivity contribution in [2.24, 2.45) is 0 Å². The summed E-state index contributed by atoms with van der Waals surface area (Å²) in [4.78, 5) is 13.2. The smallest absolute Gasteiger partial charge is 0.173 e. The standard InChI is InChI=1S/C18H20N6S/c1-11-8-12(2)15(13(3)9-11)25-18-22-14-16(20)21-10-24(17(14)23-18)7-5-4-6-19/h8-10,20H,4-5,7H2,1-3H3,(H,22,23). The molecule has 0 aliphatic rings. The number of nitriles is 1. The van der Waals surface area contributed by atoms with Crippen molar-refractivity contribution in [3.05, 3.63) is 40.6 Å². The molecule has 0 saturated heterocycles. The van der Waals surface area contributed by atoms with Gasteiger partial charge < -0.3 is 9.55 Å². The third-order valence-electron chi connectivity index (χ3n) is 3.99. The fourth-order valence-electron chi connectivity index (χ4n) is 2.93. The number of H-pyrrole nitrogens is 1. The van der Waals surface area contributed by atoms with E-state index in [4.69, 9.17) is 10.7 Å². The molecule has 3 aromatic rings. The molecule has 0 atom stereocenters. The Hall–Kier alpha value is -2.59. The van der Waals surface area contributed by atoms with E-state index < -0.39 is 0 Å². The van der Waals surface area contributed by atoms with Crippen LogP contribution in [0.2, 0.25) is 0 Å². The highest BCUT2D eigenvalue weighted by Gasteiger charge is 2.12. The van der Waals surface area contributed by atoms with Crippen molar-refractivity contribution in [1.29, 1.82) is 10.7 Å². The number of rotatable bonds is 5. The second kappa shape index (κ2) is 7.11. The summed E-state index contributed by atoms with van der Waals surface area (Å²) >= 11 is 1.58. The van der Waals surface area contributed by atoms with E-state index in [1.807, 2.05) is 4.57 Å². The average Bonchev–Trinajstić information content (AvgIpc) is 2.98. The second-order valence-electron chi connectivity index (χ2n) is 6.12. The molecular weight excluding hydrogens is 332 g/mol. The summed E-state index contributed by atoms with van der Waals surface area (Å²) in [5.74, 6) is 0. The summed E-state index contributed by atoms with van der Waals surface area (Å²) in [6.07, 6.45) is 2.85. The van der Waals surface area contributed by atoms with Crippen LogP contribution in [0.15, 0.2) is 28.5 Å². The molecule has 3 rings (SSSR count). The van der Waals surface area contributed by atoms with Gasteiger partial charge in [0.1, 0.15) is 5.52 Å². The van der Waals surface area contributed by atoms with Gasteiger partial charge in [0, 0.05) is 17.9 Å². The van der Waals surface area contributed by atoms with Crippen LogP contribution in [0.5, 0.6) is 0 Å². The van der Waals surface area contributed by atoms with E-state index in [9.17, 15) is 0 Å². The van der Waals surface area contributed by atoms with Gasteiger partial charge in [-0.25, -0.2) is 9.97 Å². The zero-order valence-corrected chi connectivity index (χ0v) is 15.4. The number of hydrogen-bond donors (Lipinski definition) is 2. The average molecular weight is 352 g/mol. The molecule has 128 valence electrons. The Balaban J connectivity index is 1.99. The van der Waals surface area contributed by atoms with Crippen molar-refractivity contribution >= 4 is 22.9 Å². The third kappa shape index (κ3) is 3.59. The highest BCUT2D eigenvalue weighted by Crippen LogP contribution is 2.32. The predicted octanol–water partition coefficient (Wildman–Crippen LogP) is 3.62. The Morgan fingerprint density at radius 1 is 1.28 bits per heavy atom. The van der Waals surface area contributed by atoms with E-state index in [1.165, 1.54) is 21.6 Å². The number of benzene rings is 1. The minimum atomic E-state index is 0.184. The lowest BCUT2D eigenvalue weighted by atomic mass is 10.1. The molecule has 2 N–H and O–H groups in total. The van der Waals surface area contributed by atoms with Gasteiger partial charge in [-0.2, -0.15) is 5.26 Å². The molecule has 25 heavy (non-hydrogen) atoms. The largest absolute Gasteiger partial charge is 0.328 e. The highest BCUT2D eigenvalue weighted by molar-refractivity contribution is 7.99. The van der Waals surface area contributed by atoms with Crippen molar-refractivity contribution in [3.8, 4) is 6.07 Å². The summed E-state index contributed by atoms with van der Waals surface area (Å²) in [7, 11) is 0. The van der Waals surface area contributed by atoms with E-state index in [-0.39, 0.29) is 5.49 Å². The zero-order chi connectivity index (χ0) is 18.0. The summed E-state index contributed by atoms with van der Waals surface area (Å²) < 4.78 is 1.90. The molecule has 1 aromatic carbocycles. The molecule has 0 bridgehead atoms. The zero-order valence-electron chi connectivity index (χ0n) is 14.6. The number of aryl methyl sites for hydroxylation is 4.